The molecule has 1 aromatic carbocycles. The number of aromatic nitrogens is 1. The summed E-state index contributed by atoms with van der Waals surface area (Å²) in [7, 11) is 0. The molecular formula is C16H16ClN3O2S. The molecule has 5 nitrogen and oxygen atoms in total. The number of carbonyl (C=O) groups excluding carboxylic acids is 2. The van der Waals surface area contributed by atoms with Gasteiger partial charge in [-0.15, -0.1) is 11.3 Å². The van der Waals surface area contributed by atoms with E-state index in [0.717, 1.165) is 5.01 Å². The molecule has 3 rings (SSSR count). The summed E-state index contributed by atoms with van der Waals surface area (Å²) >= 11 is 7.54. The van der Waals surface area contributed by atoms with Crippen LogP contribution in [0.5, 0.6) is 0 Å². The van der Waals surface area contributed by atoms with Crippen molar-refractivity contribution in [3.8, 4) is 0 Å². The fourth-order valence-corrected chi connectivity index (χ4v) is 3.34. The number of rotatable bonds is 2. The van der Waals surface area contributed by atoms with Crippen LogP contribution in [0.25, 0.3) is 0 Å². The zero-order valence-electron chi connectivity index (χ0n) is 12.7. The van der Waals surface area contributed by atoms with Crippen LogP contribution in [0.15, 0.2) is 29.6 Å². The number of amides is 2. The van der Waals surface area contributed by atoms with E-state index in [-0.39, 0.29) is 11.8 Å². The molecule has 7 heteroatoms. The van der Waals surface area contributed by atoms with Crippen LogP contribution in [0, 0.1) is 6.92 Å². The van der Waals surface area contributed by atoms with E-state index >= 15 is 0 Å². The molecule has 1 fully saturated rings. The molecule has 23 heavy (non-hydrogen) atoms. The van der Waals surface area contributed by atoms with Crippen LogP contribution in [0.2, 0.25) is 5.02 Å². The van der Waals surface area contributed by atoms with Crippen molar-refractivity contribution in [2.24, 2.45) is 0 Å². The molecule has 0 bridgehead atoms. The summed E-state index contributed by atoms with van der Waals surface area (Å²) in [6.45, 7) is 3.89. The van der Waals surface area contributed by atoms with Gasteiger partial charge in [-0.25, -0.2) is 4.98 Å². The van der Waals surface area contributed by atoms with Crippen LogP contribution in [0.4, 0.5) is 0 Å². The van der Waals surface area contributed by atoms with E-state index in [9.17, 15) is 9.59 Å². The van der Waals surface area contributed by atoms with Crippen molar-refractivity contribution in [1.82, 2.24) is 14.8 Å². The quantitative estimate of drug-likeness (QED) is 0.837. The highest BCUT2D eigenvalue weighted by molar-refractivity contribution is 7.09. The summed E-state index contributed by atoms with van der Waals surface area (Å²) in [5.74, 6) is -0.161. The number of thiazole rings is 1. The third-order valence-corrected chi connectivity index (χ3v) is 4.90. The van der Waals surface area contributed by atoms with Crippen LogP contribution < -0.4 is 0 Å². The first kappa shape index (κ1) is 16.0. The fraction of sp³-hybridized carbons (Fsp3) is 0.312. The second-order valence-electron chi connectivity index (χ2n) is 5.32. The maximum atomic E-state index is 12.5. The maximum Gasteiger partial charge on any atom is 0.273 e. The second-order valence-corrected chi connectivity index (χ2v) is 6.79. The Morgan fingerprint density at radius 2 is 1.70 bits per heavy atom. The number of hydrogen-bond donors (Lipinski definition) is 0. The van der Waals surface area contributed by atoms with E-state index in [2.05, 4.69) is 4.98 Å². The molecule has 1 aromatic heterocycles. The number of benzene rings is 1. The third-order valence-electron chi connectivity index (χ3n) is 3.80. The van der Waals surface area contributed by atoms with E-state index in [1.807, 2.05) is 6.92 Å². The summed E-state index contributed by atoms with van der Waals surface area (Å²) in [5, 5.41) is 3.11. The summed E-state index contributed by atoms with van der Waals surface area (Å²) in [5.41, 5.74) is 0.988. The van der Waals surface area contributed by atoms with E-state index in [0.29, 0.717) is 42.5 Å². The second kappa shape index (κ2) is 6.68. The molecule has 0 N–H and O–H groups in total. The van der Waals surface area contributed by atoms with Gasteiger partial charge in [0, 0.05) is 31.6 Å². The van der Waals surface area contributed by atoms with Gasteiger partial charge in [0.2, 0.25) is 0 Å². The van der Waals surface area contributed by atoms with Gasteiger partial charge in [-0.3, -0.25) is 9.59 Å². The first-order valence-corrected chi connectivity index (χ1v) is 8.57. The molecule has 2 aromatic rings. The van der Waals surface area contributed by atoms with E-state index in [1.165, 1.54) is 11.3 Å². The van der Waals surface area contributed by atoms with Crippen LogP contribution in [0.1, 0.15) is 25.9 Å². The van der Waals surface area contributed by atoms with Crippen molar-refractivity contribution in [3.63, 3.8) is 0 Å². The lowest BCUT2D eigenvalue weighted by molar-refractivity contribution is 0.0533. The number of halogens is 1. The van der Waals surface area contributed by atoms with Gasteiger partial charge in [0.1, 0.15) is 5.69 Å². The van der Waals surface area contributed by atoms with Gasteiger partial charge in [0.15, 0.2) is 0 Å². The summed E-state index contributed by atoms with van der Waals surface area (Å²) < 4.78 is 0. The average Bonchev–Trinajstić information content (AvgIpc) is 3.01. The highest BCUT2D eigenvalue weighted by atomic mass is 35.5. The zero-order valence-corrected chi connectivity index (χ0v) is 14.2. The number of nitrogens with zero attached hydrogens (tertiary/aromatic N) is 3. The fourth-order valence-electron chi connectivity index (χ4n) is 2.54. The molecule has 2 amide bonds. The van der Waals surface area contributed by atoms with Crippen molar-refractivity contribution < 1.29 is 9.59 Å². The maximum absolute atomic E-state index is 12.5. The monoisotopic (exact) mass is 349 g/mol. The van der Waals surface area contributed by atoms with Crippen LogP contribution >= 0.6 is 22.9 Å². The average molecular weight is 350 g/mol. The highest BCUT2D eigenvalue weighted by Gasteiger charge is 2.27. The number of piperazine rings is 1. The third kappa shape index (κ3) is 3.38. The Balaban J connectivity index is 1.63. The van der Waals surface area contributed by atoms with Gasteiger partial charge in [-0.2, -0.15) is 0 Å². The van der Waals surface area contributed by atoms with Crippen molar-refractivity contribution in [1.29, 1.82) is 0 Å². The predicted octanol–water partition coefficient (Wildman–Crippen LogP) is 2.70. The SMILES string of the molecule is Cc1nc(C(=O)N2CCN(C(=O)c3ccccc3Cl)CC2)cs1. The number of aryl methyl sites for hydroxylation is 1. The molecule has 1 aliphatic heterocycles. The number of carbonyl (C=O) groups is 2. The first-order valence-electron chi connectivity index (χ1n) is 7.31. The lowest BCUT2D eigenvalue weighted by atomic mass is 10.1. The Morgan fingerprint density at radius 3 is 2.26 bits per heavy atom. The molecule has 1 aliphatic rings. The Labute approximate surface area is 143 Å². The van der Waals surface area contributed by atoms with Crippen LogP contribution in [0.3, 0.4) is 0 Å². The largest absolute Gasteiger partial charge is 0.335 e. The first-order chi connectivity index (χ1) is 11.1. The van der Waals surface area contributed by atoms with Gasteiger partial charge in [-0.1, -0.05) is 23.7 Å². The Bertz CT molecular complexity index is 738. The van der Waals surface area contributed by atoms with Crippen molar-refractivity contribution in [3.05, 3.63) is 50.9 Å². The summed E-state index contributed by atoms with van der Waals surface area (Å²) in [4.78, 5) is 32.6. The lowest BCUT2D eigenvalue weighted by Crippen LogP contribution is -2.50. The predicted molar refractivity (Wildman–Crippen MR) is 90.1 cm³/mol. The van der Waals surface area contributed by atoms with E-state index in [4.69, 9.17) is 11.6 Å². The lowest BCUT2D eigenvalue weighted by Gasteiger charge is -2.34. The molecule has 0 unspecified atom stereocenters. The minimum Gasteiger partial charge on any atom is -0.335 e. The molecule has 2 heterocycles. The molecule has 0 aliphatic carbocycles. The van der Waals surface area contributed by atoms with Gasteiger partial charge >= 0.3 is 0 Å². The van der Waals surface area contributed by atoms with E-state index in [1.54, 1.807) is 39.4 Å². The summed E-state index contributed by atoms with van der Waals surface area (Å²) in [6.07, 6.45) is 0. The van der Waals surface area contributed by atoms with Gasteiger partial charge in [-0.05, 0) is 19.1 Å². The normalized spacial score (nSPS) is 14.9. The van der Waals surface area contributed by atoms with Crippen molar-refractivity contribution in [2.75, 3.05) is 26.2 Å². The number of hydrogen-bond acceptors (Lipinski definition) is 4. The van der Waals surface area contributed by atoms with E-state index < -0.39 is 0 Å². The molecule has 0 atom stereocenters. The minimum absolute atomic E-state index is 0.0702. The summed E-state index contributed by atoms with van der Waals surface area (Å²) in [6, 6.07) is 7.02. The highest BCUT2D eigenvalue weighted by Crippen LogP contribution is 2.19. The Morgan fingerprint density at radius 1 is 1.09 bits per heavy atom. The van der Waals surface area contributed by atoms with Crippen LogP contribution in [-0.2, 0) is 0 Å². The standard InChI is InChI=1S/C16H16ClN3O2S/c1-11-18-14(10-23-11)16(22)20-8-6-19(7-9-20)15(21)12-4-2-3-5-13(12)17/h2-5,10H,6-9H2,1H3. The molecule has 0 spiro atoms. The Kier molecular flexibility index (Phi) is 4.63. The molecule has 1 saturated heterocycles. The zero-order chi connectivity index (χ0) is 16.4. The minimum atomic E-state index is -0.0906. The van der Waals surface area contributed by atoms with Crippen molar-refractivity contribution >= 4 is 34.8 Å². The smallest absolute Gasteiger partial charge is 0.273 e. The molecular weight excluding hydrogens is 334 g/mol. The van der Waals surface area contributed by atoms with Crippen LogP contribution in [-0.4, -0.2) is 52.8 Å². The van der Waals surface area contributed by atoms with Gasteiger partial charge in [0.05, 0.1) is 15.6 Å². The van der Waals surface area contributed by atoms with Crippen molar-refractivity contribution in [2.45, 2.75) is 6.92 Å². The topological polar surface area (TPSA) is 53.5 Å². The molecule has 0 radical (unpaired) electrons. The molecule has 0 saturated carbocycles. The molecule has 120 valence electrons. The van der Waals surface area contributed by atoms with Gasteiger partial charge in [0.25, 0.3) is 11.8 Å². The van der Waals surface area contributed by atoms with Gasteiger partial charge < -0.3 is 9.80 Å². The Hall–Kier alpha value is -1.92.